The van der Waals surface area contributed by atoms with Crippen LogP contribution in [0.25, 0.3) is 10.2 Å². The van der Waals surface area contributed by atoms with Gasteiger partial charge in [-0.1, -0.05) is 23.9 Å². The zero-order valence-corrected chi connectivity index (χ0v) is 14.6. The van der Waals surface area contributed by atoms with E-state index < -0.39 is 0 Å². The Bertz CT molecular complexity index is 823. The van der Waals surface area contributed by atoms with Crippen molar-refractivity contribution in [2.45, 2.75) is 11.3 Å². The second-order valence-corrected chi connectivity index (χ2v) is 8.19. The lowest BCUT2D eigenvalue weighted by molar-refractivity contribution is -0.119. The molecule has 0 spiro atoms. The number of para-hydroxylation sites is 1. The molecule has 0 saturated heterocycles. The van der Waals surface area contributed by atoms with Gasteiger partial charge in [0, 0.05) is 4.88 Å². The van der Waals surface area contributed by atoms with Crippen molar-refractivity contribution in [3.05, 3.63) is 46.2 Å². The zero-order chi connectivity index (χ0) is 16.2. The van der Waals surface area contributed by atoms with Crippen LogP contribution in [0.5, 0.6) is 0 Å². The molecule has 0 unspecified atom stereocenters. The topological polar surface area (TPSA) is 71.1 Å². The van der Waals surface area contributed by atoms with Crippen molar-refractivity contribution in [1.82, 2.24) is 15.8 Å². The number of carbonyl (C=O) groups excluding carboxylic acids is 2. The van der Waals surface area contributed by atoms with E-state index in [1.807, 2.05) is 37.3 Å². The minimum atomic E-state index is -0.304. The molecular formula is C15H13N3O2S3. The molecule has 118 valence electrons. The molecular weight excluding hydrogens is 350 g/mol. The maximum atomic E-state index is 11.8. The monoisotopic (exact) mass is 363 g/mol. The van der Waals surface area contributed by atoms with Gasteiger partial charge in [0.25, 0.3) is 5.91 Å². The molecule has 1 aromatic carbocycles. The SMILES string of the molecule is Cc1ccc(C(=O)NNC(=O)CSc2nc3ccccc3s2)s1. The molecule has 0 saturated carbocycles. The van der Waals surface area contributed by atoms with Crippen LogP contribution >= 0.6 is 34.4 Å². The first-order chi connectivity index (χ1) is 11.1. The summed E-state index contributed by atoms with van der Waals surface area (Å²) in [6.45, 7) is 1.93. The number of benzene rings is 1. The number of thioether (sulfide) groups is 1. The van der Waals surface area contributed by atoms with Crippen LogP contribution in [0.15, 0.2) is 40.7 Å². The van der Waals surface area contributed by atoms with Gasteiger partial charge in [-0.05, 0) is 31.2 Å². The average Bonchev–Trinajstić information content (AvgIpc) is 3.16. The number of hydrazine groups is 1. The Morgan fingerprint density at radius 3 is 2.70 bits per heavy atom. The molecule has 0 aliphatic carbocycles. The number of thiazole rings is 1. The number of nitrogens with zero attached hydrogens (tertiary/aromatic N) is 1. The van der Waals surface area contributed by atoms with Crippen LogP contribution in [0.1, 0.15) is 14.5 Å². The summed E-state index contributed by atoms with van der Waals surface area (Å²) < 4.78 is 1.93. The average molecular weight is 363 g/mol. The van der Waals surface area contributed by atoms with Crippen molar-refractivity contribution in [1.29, 1.82) is 0 Å². The molecule has 0 radical (unpaired) electrons. The van der Waals surface area contributed by atoms with E-state index in [0.717, 1.165) is 19.4 Å². The van der Waals surface area contributed by atoms with E-state index in [2.05, 4.69) is 15.8 Å². The number of carbonyl (C=O) groups is 2. The normalized spacial score (nSPS) is 10.7. The molecule has 3 aromatic rings. The molecule has 5 nitrogen and oxygen atoms in total. The van der Waals surface area contributed by atoms with E-state index in [1.165, 1.54) is 23.1 Å². The molecule has 2 amide bonds. The standard InChI is InChI=1S/C15H13N3O2S3/c1-9-6-7-12(22-9)14(20)18-17-13(19)8-21-15-16-10-4-2-3-5-11(10)23-15/h2-7H,8H2,1H3,(H,17,19)(H,18,20). The number of thiophene rings is 1. The van der Waals surface area contributed by atoms with E-state index in [9.17, 15) is 9.59 Å². The lowest BCUT2D eigenvalue weighted by Gasteiger charge is -2.05. The maximum absolute atomic E-state index is 11.8. The van der Waals surface area contributed by atoms with Crippen LogP contribution in [-0.4, -0.2) is 22.6 Å². The van der Waals surface area contributed by atoms with Gasteiger partial charge in [-0.15, -0.1) is 22.7 Å². The number of nitrogens with one attached hydrogen (secondary N) is 2. The molecule has 0 atom stereocenters. The molecule has 8 heteroatoms. The van der Waals surface area contributed by atoms with Crippen LogP contribution in [0, 0.1) is 6.92 Å². The van der Waals surface area contributed by atoms with Crippen molar-refractivity contribution in [2.24, 2.45) is 0 Å². The Balaban J connectivity index is 1.48. The van der Waals surface area contributed by atoms with Gasteiger partial charge in [-0.3, -0.25) is 20.4 Å². The lowest BCUT2D eigenvalue weighted by Crippen LogP contribution is -2.42. The Labute approximate surface area is 145 Å². The molecule has 0 aliphatic rings. The van der Waals surface area contributed by atoms with Crippen LogP contribution in [0.2, 0.25) is 0 Å². The van der Waals surface area contributed by atoms with Crippen molar-refractivity contribution >= 4 is 56.5 Å². The number of hydrogen-bond acceptors (Lipinski definition) is 6. The van der Waals surface area contributed by atoms with Gasteiger partial charge < -0.3 is 0 Å². The maximum Gasteiger partial charge on any atom is 0.279 e. The third-order valence-corrected chi connectivity index (χ3v) is 6.06. The fourth-order valence-electron chi connectivity index (χ4n) is 1.82. The zero-order valence-electron chi connectivity index (χ0n) is 12.2. The van der Waals surface area contributed by atoms with Crippen LogP contribution in [0.3, 0.4) is 0 Å². The smallest absolute Gasteiger partial charge is 0.272 e. The Morgan fingerprint density at radius 2 is 1.96 bits per heavy atom. The summed E-state index contributed by atoms with van der Waals surface area (Å²) in [7, 11) is 0. The number of hydrogen-bond donors (Lipinski definition) is 2. The number of rotatable bonds is 4. The first kappa shape index (κ1) is 16.0. The fraction of sp³-hybridized carbons (Fsp3) is 0.133. The minimum Gasteiger partial charge on any atom is -0.272 e. The summed E-state index contributed by atoms with van der Waals surface area (Å²) >= 11 is 4.29. The molecule has 2 heterocycles. The molecule has 0 aliphatic heterocycles. The van der Waals surface area contributed by atoms with Gasteiger partial charge in [0.1, 0.15) is 0 Å². The van der Waals surface area contributed by atoms with Gasteiger partial charge in [0.15, 0.2) is 4.34 Å². The predicted octanol–water partition coefficient (Wildman–Crippen LogP) is 3.22. The Morgan fingerprint density at radius 1 is 1.13 bits per heavy atom. The summed E-state index contributed by atoms with van der Waals surface area (Å²) in [4.78, 5) is 29.7. The van der Waals surface area contributed by atoms with Crippen molar-refractivity contribution in [3.8, 4) is 0 Å². The molecule has 2 N–H and O–H groups in total. The van der Waals surface area contributed by atoms with Crippen LogP contribution in [-0.2, 0) is 4.79 Å². The Kier molecular flexibility index (Phi) is 4.94. The third-order valence-electron chi connectivity index (χ3n) is 2.88. The highest BCUT2D eigenvalue weighted by Crippen LogP contribution is 2.28. The number of aromatic nitrogens is 1. The Hall–Kier alpha value is -1.90. The van der Waals surface area contributed by atoms with Crippen molar-refractivity contribution < 1.29 is 9.59 Å². The third kappa shape index (κ3) is 4.10. The van der Waals surface area contributed by atoms with Crippen molar-refractivity contribution in [3.63, 3.8) is 0 Å². The fourth-order valence-corrected chi connectivity index (χ4v) is 4.45. The summed E-state index contributed by atoms with van der Waals surface area (Å²) in [6, 6.07) is 11.4. The second-order valence-electron chi connectivity index (χ2n) is 4.65. The summed E-state index contributed by atoms with van der Waals surface area (Å²) in [5, 5.41) is 0. The molecule has 3 rings (SSSR count). The first-order valence-electron chi connectivity index (χ1n) is 6.76. The molecule has 2 aromatic heterocycles. The number of amides is 2. The number of aryl methyl sites for hydroxylation is 1. The highest BCUT2D eigenvalue weighted by molar-refractivity contribution is 8.01. The van der Waals surface area contributed by atoms with Gasteiger partial charge >= 0.3 is 0 Å². The predicted molar refractivity (Wildman–Crippen MR) is 95.0 cm³/mol. The summed E-state index contributed by atoms with van der Waals surface area (Å²) in [5.41, 5.74) is 5.77. The van der Waals surface area contributed by atoms with Crippen molar-refractivity contribution in [2.75, 3.05) is 5.75 Å². The van der Waals surface area contributed by atoms with Crippen LogP contribution in [0.4, 0.5) is 0 Å². The summed E-state index contributed by atoms with van der Waals surface area (Å²) in [6.07, 6.45) is 0. The lowest BCUT2D eigenvalue weighted by atomic mass is 10.3. The van der Waals surface area contributed by atoms with Gasteiger partial charge in [-0.25, -0.2) is 4.98 Å². The van der Waals surface area contributed by atoms with Gasteiger partial charge in [-0.2, -0.15) is 0 Å². The van der Waals surface area contributed by atoms with E-state index in [4.69, 9.17) is 0 Å². The quantitative estimate of drug-likeness (QED) is 0.551. The van der Waals surface area contributed by atoms with Gasteiger partial charge in [0.05, 0.1) is 20.8 Å². The first-order valence-corrected chi connectivity index (χ1v) is 9.37. The molecule has 0 bridgehead atoms. The second kappa shape index (κ2) is 7.12. The van der Waals surface area contributed by atoms with E-state index in [1.54, 1.807) is 17.4 Å². The van der Waals surface area contributed by atoms with E-state index in [-0.39, 0.29) is 17.6 Å². The highest BCUT2D eigenvalue weighted by Gasteiger charge is 2.11. The molecule has 23 heavy (non-hydrogen) atoms. The number of fused-ring (bicyclic) bond motifs is 1. The van der Waals surface area contributed by atoms with E-state index in [0.29, 0.717) is 4.88 Å². The highest BCUT2D eigenvalue weighted by atomic mass is 32.2. The largest absolute Gasteiger partial charge is 0.279 e. The van der Waals surface area contributed by atoms with Crippen LogP contribution < -0.4 is 10.9 Å². The molecule has 0 fully saturated rings. The van der Waals surface area contributed by atoms with Gasteiger partial charge in [0.2, 0.25) is 5.91 Å². The minimum absolute atomic E-state index is 0.198. The van der Waals surface area contributed by atoms with E-state index >= 15 is 0 Å². The summed E-state index contributed by atoms with van der Waals surface area (Å²) in [5.74, 6) is -0.374.